The fourth-order valence-electron chi connectivity index (χ4n) is 3.71. The molecule has 0 radical (unpaired) electrons. The van der Waals surface area contributed by atoms with Gasteiger partial charge in [0, 0.05) is 11.4 Å². The minimum atomic E-state index is -3.09. The van der Waals surface area contributed by atoms with Gasteiger partial charge in [-0.1, -0.05) is 42.1 Å². The molecule has 6 nitrogen and oxygen atoms in total. The number of thioether (sulfide) groups is 1. The second kappa shape index (κ2) is 7.84. The van der Waals surface area contributed by atoms with Crippen LogP contribution in [0.5, 0.6) is 0 Å². The van der Waals surface area contributed by atoms with E-state index in [2.05, 4.69) is 10.3 Å². The normalized spacial score (nSPS) is 22.3. The summed E-state index contributed by atoms with van der Waals surface area (Å²) in [6.45, 7) is 3.95. The Hall–Kier alpha value is -2.32. The summed E-state index contributed by atoms with van der Waals surface area (Å²) < 4.78 is 24.2. The van der Waals surface area contributed by atoms with Gasteiger partial charge >= 0.3 is 0 Å². The minimum Gasteiger partial charge on any atom is -0.325 e. The van der Waals surface area contributed by atoms with Crippen LogP contribution < -0.4 is 10.2 Å². The zero-order valence-corrected chi connectivity index (χ0v) is 18.0. The number of nitrogens with one attached hydrogen (secondary N) is 1. The van der Waals surface area contributed by atoms with Crippen LogP contribution in [0.3, 0.4) is 0 Å². The van der Waals surface area contributed by atoms with Crippen LogP contribution in [0.4, 0.5) is 11.4 Å². The average Bonchev–Trinajstić information content (AvgIpc) is 3.14. The zero-order valence-electron chi connectivity index (χ0n) is 16.3. The third-order valence-corrected chi connectivity index (χ3v) is 7.81. The summed E-state index contributed by atoms with van der Waals surface area (Å²) in [5, 5.41) is 3.67. The molecule has 0 spiro atoms. The molecule has 152 valence electrons. The second-order valence-corrected chi connectivity index (χ2v) is 10.6. The van der Waals surface area contributed by atoms with E-state index in [1.807, 2.05) is 67.3 Å². The summed E-state index contributed by atoms with van der Waals surface area (Å²) in [4.78, 5) is 19.2. The lowest BCUT2D eigenvalue weighted by Gasteiger charge is -2.26. The van der Waals surface area contributed by atoms with E-state index in [4.69, 9.17) is 0 Å². The zero-order chi connectivity index (χ0) is 20.6. The van der Waals surface area contributed by atoms with E-state index in [1.165, 1.54) is 11.8 Å². The maximum absolute atomic E-state index is 12.5. The predicted octanol–water partition coefficient (Wildman–Crippen LogP) is 3.02. The number of nitrogens with zero attached hydrogens (tertiary/aromatic N) is 2. The molecule has 0 aromatic heterocycles. The lowest BCUT2D eigenvalue weighted by molar-refractivity contribution is -0.113. The Morgan fingerprint density at radius 3 is 2.69 bits per heavy atom. The Balaban J connectivity index is 1.49. The summed E-state index contributed by atoms with van der Waals surface area (Å²) in [6.07, 6.45) is 0. The standard InChI is InChI=1S/C21H23N3O3S2/c1-14-8-9-15(2)17(10-14)22-20(25)11-28-21-23-18-12-29(26,27)13-19(18)24(21)16-6-4-3-5-7-16/h3-10,18-19H,11-13H2,1-2H3,(H,22,25)/t18-,19-/m0/s1. The Labute approximate surface area is 175 Å². The van der Waals surface area contributed by atoms with Crippen LogP contribution in [0.2, 0.25) is 0 Å². The quantitative estimate of drug-likeness (QED) is 0.808. The molecule has 2 aromatic rings. The molecule has 2 atom stereocenters. The van der Waals surface area contributed by atoms with E-state index in [-0.39, 0.29) is 35.2 Å². The number of hydrogen-bond donors (Lipinski definition) is 1. The number of carbonyl (C=O) groups excluding carboxylic acids is 1. The van der Waals surface area contributed by atoms with Crippen molar-refractivity contribution in [2.45, 2.75) is 25.9 Å². The first-order chi connectivity index (χ1) is 13.8. The largest absolute Gasteiger partial charge is 0.325 e. The van der Waals surface area contributed by atoms with Gasteiger partial charge in [-0.05, 0) is 43.2 Å². The number of fused-ring (bicyclic) bond motifs is 1. The van der Waals surface area contributed by atoms with Crippen molar-refractivity contribution in [3.8, 4) is 0 Å². The molecule has 4 rings (SSSR count). The van der Waals surface area contributed by atoms with Gasteiger partial charge in [0.05, 0.1) is 29.3 Å². The monoisotopic (exact) mass is 429 g/mol. The van der Waals surface area contributed by atoms with Crippen LogP contribution in [0, 0.1) is 13.8 Å². The highest BCUT2D eigenvalue weighted by Gasteiger charge is 2.47. The maximum atomic E-state index is 12.5. The SMILES string of the molecule is Cc1ccc(C)c(NC(=O)CSC2=N[C@H]3CS(=O)(=O)C[C@@H]3N2c2ccccc2)c1. The van der Waals surface area contributed by atoms with Crippen LogP contribution in [0.25, 0.3) is 0 Å². The minimum absolute atomic E-state index is 0.0692. The van der Waals surface area contributed by atoms with Crippen molar-refractivity contribution in [3.63, 3.8) is 0 Å². The number of aliphatic imine (C=N–C) groups is 1. The summed E-state index contributed by atoms with van der Waals surface area (Å²) in [5.74, 6) is 0.264. The molecular weight excluding hydrogens is 406 g/mol. The lowest BCUT2D eigenvalue weighted by atomic mass is 10.1. The number of anilines is 2. The van der Waals surface area contributed by atoms with Crippen molar-refractivity contribution in [3.05, 3.63) is 59.7 Å². The molecule has 1 N–H and O–H groups in total. The van der Waals surface area contributed by atoms with Crippen LogP contribution in [0.1, 0.15) is 11.1 Å². The van der Waals surface area contributed by atoms with Gasteiger partial charge in [0.2, 0.25) is 5.91 Å². The van der Waals surface area contributed by atoms with Crippen LogP contribution in [-0.2, 0) is 14.6 Å². The van der Waals surface area contributed by atoms with Crippen molar-refractivity contribution in [2.75, 3.05) is 27.5 Å². The molecule has 0 saturated carbocycles. The van der Waals surface area contributed by atoms with E-state index in [0.717, 1.165) is 22.5 Å². The molecule has 2 aliphatic heterocycles. The van der Waals surface area contributed by atoms with Crippen molar-refractivity contribution in [2.24, 2.45) is 4.99 Å². The van der Waals surface area contributed by atoms with Gasteiger partial charge in [0.15, 0.2) is 15.0 Å². The summed E-state index contributed by atoms with van der Waals surface area (Å²) in [7, 11) is -3.09. The molecule has 2 aromatic carbocycles. The molecule has 2 aliphatic rings. The molecule has 2 heterocycles. The van der Waals surface area contributed by atoms with Crippen molar-refractivity contribution in [1.82, 2.24) is 0 Å². The number of amidine groups is 1. The van der Waals surface area contributed by atoms with Gasteiger partial charge in [-0.3, -0.25) is 9.79 Å². The molecule has 0 bridgehead atoms. The topological polar surface area (TPSA) is 78.8 Å². The number of aryl methyl sites for hydroxylation is 2. The first-order valence-corrected chi connectivity index (χ1v) is 12.3. The van der Waals surface area contributed by atoms with Crippen LogP contribution >= 0.6 is 11.8 Å². The lowest BCUT2D eigenvalue weighted by Crippen LogP contribution is -2.39. The van der Waals surface area contributed by atoms with Crippen molar-refractivity contribution < 1.29 is 13.2 Å². The van der Waals surface area contributed by atoms with E-state index >= 15 is 0 Å². The van der Waals surface area contributed by atoms with Crippen LogP contribution in [0.15, 0.2) is 53.5 Å². The highest BCUT2D eigenvalue weighted by molar-refractivity contribution is 8.14. The van der Waals surface area contributed by atoms with Gasteiger partial charge in [0.25, 0.3) is 0 Å². The molecule has 1 fully saturated rings. The number of hydrogen-bond acceptors (Lipinski definition) is 6. The van der Waals surface area contributed by atoms with E-state index in [0.29, 0.717) is 5.17 Å². The van der Waals surface area contributed by atoms with Crippen molar-refractivity contribution in [1.29, 1.82) is 0 Å². The number of benzene rings is 2. The number of rotatable bonds is 4. The molecule has 0 unspecified atom stereocenters. The Morgan fingerprint density at radius 2 is 1.93 bits per heavy atom. The second-order valence-electron chi connectivity index (χ2n) is 7.48. The average molecular weight is 430 g/mol. The highest BCUT2D eigenvalue weighted by Crippen LogP contribution is 2.35. The molecule has 29 heavy (non-hydrogen) atoms. The third-order valence-electron chi connectivity index (χ3n) is 5.14. The highest BCUT2D eigenvalue weighted by atomic mass is 32.2. The van der Waals surface area contributed by atoms with Gasteiger partial charge in [0.1, 0.15) is 0 Å². The summed E-state index contributed by atoms with van der Waals surface area (Å²) in [6, 6.07) is 15.1. The van der Waals surface area contributed by atoms with Gasteiger partial charge < -0.3 is 10.2 Å². The smallest absolute Gasteiger partial charge is 0.234 e. The first kappa shape index (κ1) is 20.0. The summed E-state index contributed by atoms with van der Waals surface area (Å²) >= 11 is 1.35. The summed E-state index contributed by atoms with van der Waals surface area (Å²) in [5.41, 5.74) is 3.81. The molecule has 1 saturated heterocycles. The Bertz CT molecular complexity index is 1070. The molecule has 0 aliphatic carbocycles. The van der Waals surface area contributed by atoms with Gasteiger partial charge in [-0.2, -0.15) is 0 Å². The third kappa shape index (κ3) is 4.33. The fraction of sp³-hybridized carbons (Fsp3) is 0.333. The fourth-order valence-corrected chi connectivity index (χ4v) is 6.48. The maximum Gasteiger partial charge on any atom is 0.234 e. The van der Waals surface area contributed by atoms with E-state index < -0.39 is 9.84 Å². The first-order valence-electron chi connectivity index (χ1n) is 9.45. The number of amides is 1. The van der Waals surface area contributed by atoms with E-state index in [9.17, 15) is 13.2 Å². The Kier molecular flexibility index (Phi) is 5.40. The molecule has 1 amide bonds. The number of carbonyl (C=O) groups is 1. The van der Waals surface area contributed by atoms with E-state index in [1.54, 1.807) is 0 Å². The van der Waals surface area contributed by atoms with Crippen LogP contribution in [-0.4, -0.2) is 48.8 Å². The van der Waals surface area contributed by atoms with Gasteiger partial charge in [-0.15, -0.1) is 0 Å². The number of para-hydroxylation sites is 1. The van der Waals surface area contributed by atoms with Crippen molar-refractivity contribution >= 4 is 44.0 Å². The Morgan fingerprint density at radius 1 is 1.17 bits per heavy atom. The molecular formula is C21H23N3O3S2. The van der Waals surface area contributed by atoms with Gasteiger partial charge in [-0.25, -0.2) is 8.42 Å². The number of sulfone groups is 1. The molecule has 8 heteroatoms. The predicted molar refractivity (Wildman–Crippen MR) is 120 cm³/mol.